The Labute approximate surface area is 253 Å². The molecule has 2 aliphatic heterocycles. The summed E-state index contributed by atoms with van der Waals surface area (Å²) in [5.41, 5.74) is 1.90. The van der Waals surface area contributed by atoms with Crippen molar-refractivity contribution in [2.45, 2.75) is 43.6 Å². The third kappa shape index (κ3) is 12.5. The zero-order chi connectivity index (χ0) is 35.5. The Bertz CT molecular complexity index is 1230. The van der Waals surface area contributed by atoms with Crippen LogP contribution < -0.4 is 0 Å². The van der Waals surface area contributed by atoms with Gasteiger partial charge in [0, 0.05) is 64.3 Å². The molecule has 2 aromatic heterocycles. The summed E-state index contributed by atoms with van der Waals surface area (Å²) in [6, 6.07) is 6.04. The highest BCUT2D eigenvalue weighted by Gasteiger charge is 2.52. The molecule has 21 heteroatoms. The molecule has 0 radical (unpaired) electrons. The molecule has 46 heavy (non-hydrogen) atoms. The number of rotatable bonds is 4. The number of pyridine rings is 1. The summed E-state index contributed by atoms with van der Waals surface area (Å²) >= 11 is 0. The summed E-state index contributed by atoms with van der Waals surface area (Å²) in [6.45, 7) is 4.97. The first-order chi connectivity index (χ1) is 21.0. The summed E-state index contributed by atoms with van der Waals surface area (Å²) in [5.74, 6) is -8.02. The number of alkyl halides is 9. The fraction of sp³-hybridized carbons (Fsp3) is 0.480. The molecule has 1 atom stereocenters. The van der Waals surface area contributed by atoms with Gasteiger partial charge in [0.25, 0.3) is 0 Å². The lowest BCUT2D eigenvalue weighted by atomic mass is 9.91. The van der Waals surface area contributed by atoms with Crippen LogP contribution in [-0.4, -0.2) is 116 Å². The van der Waals surface area contributed by atoms with E-state index in [1.54, 1.807) is 18.7 Å². The Morgan fingerprint density at radius 1 is 0.848 bits per heavy atom. The number of nitrogens with zero attached hydrogens (tertiary/aromatic N) is 4. The molecule has 2 saturated heterocycles. The van der Waals surface area contributed by atoms with Crippen LogP contribution in [-0.2, 0) is 32.3 Å². The number of likely N-dealkylation sites (N-methyl/N-ethyl adjacent to an activating group) is 1. The summed E-state index contributed by atoms with van der Waals surface area (Å²) < 4.78 is 100. The molecule has 2 fully saturated rings. The van der Waals surface area contributed by atoms with Crippen molar-refractivity contribution in [1.82, 2.24) is 19.7 Å². The number of likely N-dealkylation sites (tertiary alicyclic amines) is 1. The predicted octanol–water partition coefficient (Wildman–Crippen LogP) is 3.49. The number of furan rings is 1. The van der Waals surface area contributed by atoms with Gasteiger partial charge < -0.3 is 24.6 Å². The molecule has 2 aromatic rings. The zero-order valence-electron chi connectivity index (χ0n) is 23.6. The summed E-state index contributed by atoms with van der Waals surface area (Å²) in [4.78, 5) is 50.6. The van der Waals surface area contributed by atoms with Crippen molar-refractivity contribution in [1.29, 1.82) is 0 Å². The van der Waals surface area contributed by atoms with Crippen molar-refractivity contribution >= 4 is 23.8 Å². The van der Waals surface area contributed by atoms with Crippen molar-refractivity contribution < 1.29 is 78.4 Å². The van der Waals surface area contributed by atoms with Crippen LogP contribution in [0.3, 0.4) is 0 Å². The number of carbonyl (C=O) groups excluding carboxylic acids is 1. The van der Waals surface area contributed by atoms with Crippen LogP contribution in [0.2, 0.25) is 0 Å². The largest absolute Gasteiger partial charge is 0.490 e. The molecule has 0 aromatic carbocycles. The number of carboxylic acid groups (broad SMARTS) is 3. The van der Waals surface area contributed by atoms with E-state index in [9.17, 15) is 44.3 Å². The lowest BCUT2D eigenvalue weighted by Gasteiger charge is -2.46. The molecule has 3 N–H and O–H groups in total. The van der Waals surface area contributed by atoms with Crippen LogP contribution in [0.25, 0.3) is 0 Å². The van der Waals surface area contributed by atoms with Crippen LogP contribution in [0.4, 0.5) is 39.5 Å². The van der Waals surface area contributed by atoms with E-state index in [4.69, 9.17) is 34.1 Å². The Hall–Kier alpha value is -4.40. The summed E-state index contributed by atoms with van der Waals surface area (Å²) in [5, 5.41) is 21.4. The van der Waals surface area contributed by atoms with Crippen LogP contribution >= 0.6 is 0 Å². The summed E-state index contributed by atoms with van der Waals surface area (Å²) in [6.07, 6.45) is -7.21. The lowest BCUT2D eigenvalue weighted by molar-refractivity contribution is -0.193. The Balaban J connectivity index is 0.000000413. The normalized spacial score (nSPS) is 18.8. The van der Waals surface area contributed by atoms with Crippen LogP contribution in [0.15, 0.2) is 47.5 Å². The average Bonchev–Trinajstić information content (AvgIpc) is 3.60. The van der Waals surface area contributed by atoms with Gasteiger partial charge in [0.1, 0.15) is 5.54 Å². The third-order valence-corrected chi connectivity index (χ3v) is 6.19. The van der Waals surface area contributed by atoms with Crippen LogP contribution in [0, 0.1) is 0 Å². The minimum atomic E-state index is -5.08. The van der Waals surface area contributed by atoms with E-state index in [1.807, 2.05) is 30.3 Å². The number of carbonyl (C=O) groups is 4. The fourth-order valence-corrected chi connectivity index (χ4v) is 4.10. The number of carboxylic acids is 3. The smallest absolute Gasteiger partial charge is 0.475 e. The second kappa shape index (κ2) is 16.2. The molecule has 1 spiro atoms. The van der Waals surface area contributed by atoms with E-state index < -0.39 is 42.0 Å². The van der Waals surface area contributed by atoms with Gasteiger partial charge in [-0.15, -0.1) is 0 Å². The van der Waals surface area contributed by atoms with E-state index in [2.05, 4.69) is 20.9 Å². The maximum absolute atomic E-state index is 13.1. The number of hydrogen-bond acceptors (Lipinski definition) is 8. The van der Waals surface area contributed by atoms with E-state index in [-0.39, 0.29) is 5.91 Å². The van der Waals surface area contributed by atoms with Gasteiger partial charge in [-0.1, -0.05) is 6.07 Å². The van der Waals surface area contributed by atoms with Gasteiger partial charge in [0.2, 0.25) is 5.91 Å². The Morgan fingerprint density at radius 2 is 1.37 bits per heavy atom. The standard InChI is InChI=1S/C19H24N4O2.3C2HF3O2/c1-21-8-9-23(13-16-3-2-6-20-11-16)19(18(21)24)5-7-22(15-19)12-17-4-10-25-14-17;3*3-2(4,5)1(6)7/h2-4,6,10-11,14H,5,7-9,12-13,15H2,1H3;3*(H,6,7). The number of halogens is 9. The van der Waals surface area contributed by atoms with E-state index >= 15 is 0 Å². The van der Waals surface area contributed by atoms with Gasteiger partial charge >= 0.3 is 36.4 Å². The van der Waals surface area contributed by atoms with Crippen molar-refractivity contribution in [3.63, 3.8) is 0 Å². The van der Waals surface area contributed by atoms with E-state index in [1.165, 1.54) is 0 Å². The number of aliphatic carboxylic acids is 3. The molecule has 12 nitrogen and oxygen atoms in total. The van der Waals surface area contributed by atoms with Gasteiger partial charge in [-0.05, 0) is 24.1 Å². The summed E-state index contributed by atoms with van der Waals surface area (Å²) in [7, 11) is 1.92. The van der Waals surface area contributed by atoms with Crippen LogP contribution in [0.1, 0.15) is 17.5 Å². The van der Waals surface area contributed by atoms with Crippen molar-refractivity contribution in [2.24, 2.45) is 0 Å². The van der Waals surface area contributed by atoms with E-state index in [0.29, 0.717) is 0 Å². The lowest BCUT2D eigenvalue weighted by Crippen LogP contribution is -2.65. The third-order valence-electron chi connectivity index (χ3n) is 6.19. The molecule has 0 aliphatic carbocycles. The zero-order valence-corrected chi connectivity index (χ0v) is 23.6. The van der Waals surface area contributed by atoms with Crippen LogP contribution in [0.5, 0.6) is 0 Å². The maximum atomic E-state index is 13.1. The SMILES string of the molecule is CN1CCN(Cc2cccnc2)C2(CCN(Cc3ccoc3)C2)C1=O.O=C(O)C(F)(F)F.O=C(O)C(F)(F)F.O=C(O)C(F)(F)F. The fourth-order valence-electron chi connectivity index (χ4n) is 4.10. The topological polar surface area (TPSA) is 165 Å². The van der Waals surface area contributed by atoms with E-state index in [0.717, 1.165) is 56.8 Å². The highest BCUT2D eigenvalue weighted by atomic mass is 19.4. The van der Waals surface area contributed by atoms with Crippen molar-refractivity contribution in [3.05, 3.63) is 54.2 Å². The molecule has 258 valence electrons. The van der Waals surface area contributed by atoms with Crippen molar-refractivity contribution in [3.8, 4) is 0 Å². The van der Waals surface area contributed by atoms with Gasteiger partial charge in [0.05, 0.1) is 12.5 Å². The molecule has 4 rings (SSSR count). The van der Waals surface area contributed by atoms with Gasteiger partial charge in [-0.3, -0.25) is 19.6 Å². The quantitative estimate of drug-likeness (QED) is 0.405. The Morgan fingerprint density at radius 3 is 1.78 bits per heavy atom. The molecule has 1 amide bonds. The average molecular weight is 682 g/mol. The molecular weight excluding hydrogens is 655 g/mol. The predicted molar refractivity (Wildman–Crippen MR) is 135 cm³/mol. The highest BCUT2D eigenvalue weighted by Crippen LogP contribution is 2.34. The van der Waals surface area contributed by atoms with Gasteiger partial charge in [0.15, 0.2) is 0 Å². The molecule has 1 unspecified atom stereocenters. The van der Waals surface area contributed by atoms with Gasteiger partial charge in [-0.2, -0.15) is 39.5 Å². The molecule has 4 heterocycles. The number of amides is 1. The monoisotopic (exact) mass is 682 g/mol. The number of aromatic nitrogens is 1. The first kappa shape index (κ1) is 39.6. The highest BCUT2D eigenvalue weighted by molar-refractivity contribution is 5.87. The molecule has 0 bridgehead atoms. The van der Waals surface area contributed by atoms with Gasteiger partial charge in [-0.25, -0.2) is 14.4 Å². The second-order valence-electron chi connectivity index (χ2n) is 9.54. The van der Waals surface area contributed by atoms with Crippen molar-refractivity contribution in [2.75, 3.05) is 33.2 Å². The first-order valence-corrected chi connectivity index (χ1v) is 12.5. The number of hydrogen-bond donors (Lipinski definition) is 3. The number of piperazine rings is 1. The first-order valence-electron chi connectivity index (χ1n) is 12.5. The Kier molecular flexibility index (Phi) is 14.0. The maximum Gasteiger partial charge on any atom is 0.490 e. The second-order valence-corrected chi connectivity index (χ2v) is 9.54. The minimum Gasteiger partial charge on any atom is -0.475 e. The minimum absolute atomic E-state index is 0.248. The molecule has 2 aliphatic rings. The molecule has 0 saturated carbocycles. The molecular formula is C25H27F9N4O8.